The lowest BCUT2D eigenvalue weighted by atomic mass is 10.1. The Morgan fingerprint density at radius 2 is 2.10 bits per heavy atom. The summed E-state index contributed by atoms with van der Waals surface area (Å²) in [5.41, 5.74) is 1.95. The van der Waals surface area contributed by atoms with Crippen molar-refractivity contribution in [3.63, 3.8) is 0 Å². The van der Waals surface area contributed by atoms with Crippen molar-refractivity contribution in [1.29, 1.82) is 0 Å². The first-order valence-corrected chi connectivity index (χ1v) is 5.75. The molecule has 0 bridgehead atoms. The predicted molar refractivity (Wildman–Crippen MR) is 68.6 cm³/mol. The van der Waals surface area contributed by atoms with E-state index >= 15 is 0 Å². The Kier molecular flexibility index (Phi) is 4.34. The molecule has 0 aliphatic rings. The van der Waals surface area contributed by atoms with E-state index in [1.54, 1.807) is 31.6 Å². The molecule has 6 heteroatoms. The van der Waals surface area contributed by atoms with Crippen LogP contribution in [0.1, 0.15) is 18.2 Å². The number of benzene rings is 1. The standard InChI is InChI=1S/C14H11F3N2O/c1-9(12-8-18-4-5-19-12)6-10-2-3-13(11(15)7-10)20-14(16)17/h2-8,14H,1H3/b9-6-. The van der Waals surface area contributed by atoms with Crippen LogP contribution in [-0.4, -0.2) is 16.6 Å². The Hall–Kier alpha value is -2.37. The molecule has 3 nitrogen and oxygen atoms in total. The van der Waals surface area contributed by atoms with Crippen LogP contribution in [0.15, 0.2) is 36.8 Å². The molecular formula is C14H11F3N2O. The van der Waals surface area contributed by atoms with Crippen molar-refractivity contribution >= 4 is 11.6 Å². The van der Waals surface area contributed by atoms with Gasteiger partial charge in [0.15, 0.2) is 11.6 Å². The van der Waals surface area contributed by atoms with Crippen LogP contribution in [0.3, 0.4) is 0 Å². The van der Waals surface area contributed by atoms with Gasteiger partial charge in [0, 0.05) is 12.4 Å². The third-order valence-electron chi connectivity index (χ3n) is 2.52. The Labute approximate surface area is 113 Å². The van der Waals surface area contributed by atoms with Crippen LogP contribution in [0.4, 0.5) is 13.2 Å². The van der Waals surface area contributed by atoms with Gasteiger partial charge in [0.05, 0.1) is 11.9 Å². The van der Waals surface area contributed by atoms with Gasteiger partial charge in [-0.3, -0.25) is 9.97 Å². The summed E-state index contributed by atoms with van der Waals surface area (Å²) in [7, 11) is 0. The van der Waals surface area contributed by atoms with Gasteiger partial charge < -0.3 is 4.74 Å². The summed E-state index contributed by atoms with van der Waals surface area (Å²) < 4.78 is 41.6. The molecule has 0 spiro atoms. The minimum atomic E-state index is -3.05. The zero-order chi connectivity index (χ0) is 14.5. The maximum absolute atomic E-state index is 13.5. The van der Waals surface area contributed by atoms with Gasteiger partial charge in [0.2, 0.25) is 0 Å². The molecule has 20 heavy (non-hydrogen) atoms. The molecule has 0 radical (unpaired) electrons. The van der Waals surface area contributed by atoms with E-state index in [-0.39, 0.29) is 0 Å². The SMILES string of the molecule is C/C(=C/c1ccc(OC(F)F)c(F)c1)c1cnccn1. The summed E-state index contributed by atoms with van der Waals surface area (Å²) in [6.45, 7) is -1.25. The summed E-state index contributed by atoms with van der Waals surface area (Å²) in [5.74, 6) is -1.32. The largest absolute Gasteiger partial charge is 0.432 e. The molecule has 0 N–H and O–H groups in total. The van der Waals surface area contributed by atoms with E-state index < -0.39 is 18.2 Å². The molecule has 1 aromatic heterocycles. The number of halogens is 3. The fourth-order valence-electron chi connectivity index (χ4n) is 1.63. The summed E-state index contributed by atoms with van der Waals surface area (Å²) in [5, 5.41) is 0. The Balaban J connectivity index is 2.24. The molecule has 0 unspecified atom stereocenters. The fraction of sp³-hybridized carbons (Fsp3) is 0.143. The minimum Gasteiger partial charge on any atom is -0.432 e. The van der Waals surface area contributed by atoms with Gasteiger partial charge >= 0.3 is 6.61 Å². The van der Waals surface area contributed by atoms with Gasteiger partial charge in [-0.2, -0.15) is 8.78 Å². The van der Waals surface area contributed by atoms with E-state index in [1.165, 1.54) is 6.07 Å². The van der Waals surface area contributed by atoms with Crippen LogP contribution in [-0.2, 0) is 0 Å². The number of hydrogen-bond donors (Lipinski definition) is 0. The number of ether oxygens (including phenoxy) is 1. The normalized spacial score (nSPS) is 11.8. The molecule has 0 aliphatic heterocycles. The molecule has 0 saturated carbocycles. The van der Waals surface area contributed by atoms with Gasteiger partial charge in [-0.15, -0.1) is 0 Å². The van der Waals surface area contributed by atoms with Crippen LogP contribution in [0, 0.1) is 5.82 Å². The quantitative estimate of drug-likeness (QED) is 0.855. The molecule has 104 valence electrons. The second-order valence-corrected chi connectivity index (χ2v) is 3.99. The molecule has 0 aliphatic carbocycles. The van der Waals surface area contributed by atoms with Crippen LogP contribution in [0.25, 0.3) is 11.6 Å². The monoisotopic (exact) mass is 280 g/mol. The van der Waals surface area contributed by atoms with E-state index in [1.807, 2.05) is 0 Å². The van der Waals surface area contributed by atoms with Gasteiger partial charge in [-0.05, 0) is 36.3 Å². The summed E-state index contributed by atoms with van der Waals surface area (Å²) >= 11 is 0. The number of alkyl halides is 2. The molecular weight excluding hydrogens is 269 g/mol. The lowest BCUT2D eigenvalue weighted by Gasteiger charge is -2.06. The Bertz CT molecular complexity index is 615. The third-order valence-corrected chi connectivity index (χ3v) is 2.52. The molecule has 0 amide bonds. The first-order chi connectivity index (χ1) is 9.56. The van der Waals surface area contributed by atoms with Crippen LogP contribution < -0.4 is 4.74 Å². The highest BCUT2D eigenvalue weighted by molar-refractivity contribution is 5.78. The van der Waals surface area contributed by atoms with Gasteiger partial charge in [0.25, 0.3) is 0 Å². The van der Waals surface area contributed by atoms with Crippen LogP contribution in [0.2, 0.25) is 0 Å². The van der Waals surface area contributed by atoms with E-state index in [2.05, 4.69) is 14.7 Å². The second kappa shape index (κ2) is 6.18. The molecule has 0 saturated heterocycles. The van der Waals surface area contributed by atoms with E-state index in [0.717, 1.165) is 17.7 Å². The van der Waals surface area contributed by atoms with Crippen molar-refractivity contribution < 1.29 is 17.9 Å². The third kappa shape index (κ3) is 3.57. The van der Waals surface area contributed by atoms with Gasteiger partial charge in [-0.1, -0.05) is 6.07 Å². The second-order valence-electron chi connectivity index (χ2n) is 3.99. The van der Waals surface area contributed by atoms with E-state index in [0.29, 0.717) is 11.3 Å². The molecule has 1 aromatic carbocycles. The number of nitrogens with zero attached hydrogens (tertiary/aromatic N) is 2. The lowest BCUT2D eigenvalue weighted by molar-refractivity contribution is -0.0521. The average Bonchev–Trinajstić information content (AvgIpc) is 2.42. The fourth-order valence-corrected chi connectivity index (χ4v) is 1.63. The molecule has 2 aromatic rings. The molecule has 0 fully saturated rings. The van der Waals surface area contributed by atoms with Crippen molar-refractivity contribution in [2.24, 2.45) is 0 Å². The highest BCUT2D eigenvalue weighted by atomic mass is 19.3. The summed E-state index contributed by atoms with van der Waals surface area (Å²) in [4.78, 5) is 8.04. The number of aromatic nitrogens is 2. The van der Waals surface area contributed by atoms with Crippen molar-refractivity contribution in [2.45, 2.75) is 13.5 Å². The molecule has 1 heterocycles. The summed E-state index contributed by atoms with van der Waals surface area (Å²) in [6, 6.07) is 3.77. The van der Waals surface area contributed by atoms with Gasteiger partial charge in [0.1, 0.15) is 0 Å². The Morgan fingerprint density at radius 1 is 1.30 bits per heavy atom. The molecule has 0 atom stereocenters. The molecule has 2 rings (SSSR count). The smallest absolute Gasteiger partial charge is 0.387 e. The Morgan fingerprint density at radius 3 is 2.70 bits per heavy atom. The average molecular weight is 280 g/mol. The van der Waals surface area contributed by atoms with E-state index in [9.17, 15) is 13.2 Å². The summed E-state index contributed by atoms with van der Waals surface area (Å²) in [6.07, 6.45) is 6.36. The van der Waals surface area contributed by atoms with Crippen molar-refractivity contribution in [3.05, 3.63) is 53.9 Å². The highest BCUT2D eigenvalue weighted by Crippen LogP contribution is 2.23. The zero-order valence-corrected chi connectivity index (χ0v) is 10.6. The zero-order valence-electron chi connectivity index (χ0n) is 10.6. The van der Waals surface area contributed by atoms with Crippen molar-refractivity contribution in [3.8, 4) is 5.75 Å². The number of hydrogen-bond acceptors (Lipinski definition) is 3. The van der Waals surface area contributed by atoms with Crippen molar-refractivity contribution in [1.82, 2.24) is 9.97 Å². The highest BCUT2D eigenvalue weighted by Gasteiger charge is 2.09. The van der Waals surface area contributed by atoms with Crippen LogP contribution in [0.5, 0.6) is 5.75 Å². The first-order valence-electron chi connectivity index (χ1n) is 5.75. The minimum absolute atomic E-state index is 0.477. The van der Waals surface area contributed by atoms with E-state index in [4.69, 9.17) is 0 Å². The lowest BCUT2D eigenvalue weighted by Crippen LogP contribution is -2.03. The van der Waals surface area contributed by atoms with Crippen molar-refractivity contribution in [2.75, 3.05) is 0 Å². The van der Waals surface area contributed by atoms with Gasteiger partial charge in [-0.25, -0.2) is 4.39 Å². The predicted octanol–water partition coefficient (Wildman–Crippen LogP) is 3.78. The number of rotatable bonds is 4. The maximum atomic E-state index is 13.5. The topological polar surface area (TPSA) is 35.0 Å². The maximum Gasteiger partial charge on any atom is 0.387 e. The number of allylic oxidation sites excluding steroid dienone is 1. The first kappa shape index (κ1) is 14.0. The van der Waals surface area contributed by atoms with Crippen LogP contribution >= 0.6 is 0 Å².